The molecule has 1 fully saturated rings. The van der Waals surface area contributed by atoms with Crippen molar-refractivity contribution < 1.29 is 0 Å². The van der Waals surface area contributed by atoms with Gasteiger partial charge in [-0.15, -0.1) is 11.8 Å². The maximum atomic E-state index is 3.64. The Hall–Kier alpha value is -0.670. The molecule has 0 amide bonds. The van der Waals surface area contributed by atoms with Crippen LogP contribution in [0.4, 0.5) is 5.69 Å². The highest BCUT2D eigenvalue weighted by molar-refractivity contribution is 7.99. The molecule has 1 N–H and O–H groups in total. The second-order valence-electron chi connectivity index (χ2n) is 5.21. The van der Waals surface area contributed by atoms with Crippen molar-refractivity contribution >= 4 is 17.4 Å². The molecule has 0 radical (unpaired) electrons. The Kier molecular flexibility index (Phi) is 3.17. The summed E-state index contributed by atoms with van der Waals surface area (Å²) < 4.78 is 0. The summed E-state index contributed by atoms with van der Waals surface area (Å²) in [5.74, 6) is 1.17. The molecule has 1 saturated heterocycles. The van der Waals surface area contributed by atoms with E-state index in [9.17, 15) is 0 Å². The fourth-order valence-electron chi connectivity index (χ4n) is 1.86. The van der Waals surface area contributed by atoms with E-state index >= 15 is 0 Å². The van der Waals surface area contributed by atoms with Gasteiger partial charge in [0.15, 0.2) is 0 Å². The van der Waals surface area contributed by atoms with Gasteiger partial charge in [0.2, 0.25) is 0 Å². The fraction of sp³-hybridized carbons (Fsp3) is 0.538. The first kappa shape index (κ1) is 11.8. The number of hydrogen-bond donors (Lipinski definition) is 1. The molecule has 1 heterocycles. The van der Waals surface area contributed by atoms with Crippen LogP contribution >= 0.6 is 11.8 Å². The molecule has 2 rings (SSSR count). The molecule has 88 valence electrons. The average molecular weight is 236 g/mol. The van der Waals surface area contributed by atoms with Crippen LogP contribution in [0.25, 0.3) is 0 Å². The van der Waals surface area contributed by atoms with E-state index in [1.807, 2.05) is 11.8 Å². The summed E-state index contributed by atoms with van der Waals surface area (Å²) >= 11 is 1.99. The quantitative estimate of drug-likeness (QED) is 0.850. The number of hydrogen-bond acceptors (Lipinski definition) is 3. The number of nitrogens with one attached hydrogen (secondary N) is 1. The Bertz CT molecular complexity index is 357. The Morgan fingerprint density at radius 3 is 2.31 bits per heavy atom. The molecular weight excluding hydrogens is 216 g/mol. The highest BCUT2D eigenvalue weighted by Crippen LogP contribution is 2.37. The van der Waals surface area contributed by atoms with Crippen molar-refractivity contribution in [3.8, 4) is 0 Å². The van der Waals surface area contributed by atoms with Crippen LogP contribution in [0.3, 0.4) is 0 Å². The van der Waals surface area contributed by atoms with Gasteiger partial charge in [-0.25, -0.2) is 0 Å². The first-order valence-corrected chi connectivity index (χ1v) is 6.69. The number of nitrogens with zero attached hydrogens (tertiary/aromatic N) is 1. The molecule has 1 aromatic rings. The maximum absolute atomic E-state index is 3.64. The predicted octanol–water partition coefficient (Wildman–Crippen LogP) is 2.87. The summed E-state index contributed by atoms with van der Waals surface area (Å²) in [5.41, 5.74) is 2.89. The molecule has 16 heavy (non-hydrogen) atoms. The van der Waals surface area contributed by atoms with E-state index in [0.29, 0.717) is 5.37 Å². The van der Waals surface area contributed by atoms with Gasteiger partial charge in [-0.3, -0.25) is 5.32 Å². The normalized spacial score (nSPS) is 23.4. The zero-order chi connectivity index (χ0) is 11.8. The minimum atomic E-state index is 0.259. The summed E-state index contributed by atoms with van der Waals surface area (Å²) in [5, 5.41) is 4.09. The summed E-state index contributed by atoms with van der Waals surface area (Å²) in [6, 6.07) is 8.81. The van der Waals surface area contributed by atoms with E-state index in [4.69, 9.17) is 0 Å². The second-order valence-corrected chi connectivity index (χ2v) is 6.30. The molecule has 1 unspecified atom stereocenters. The molecule has 1 aliphatic heterocycles. The summed E-state index contributed by atoms with van der Waals surface area (Å²) in [6.07, 6.45) is 0. The first-order valence-electron chi connectivity index (χ1n) is 5.64. The van der Waals surface area contributed by atoms with E-state index < -0.39 is 0 Å². The molecule has 3 heteroatoms. The number of thioether (sulfide) groups is 1. The molecule has 0 aromatic heterocycles. The largest absolute Gasteiger partial charge is 0.378 e. The fourth-order valence-corrected chi connectivity index (χ4v) is 3.28. The maximum Gasteiger partial charge on any atom is 0.0794 e. The minimum absolute atomic E-state index is 0.259. The van der Waals surface area contributed by atoms with Crippen LogP contribution in [-0.4, -0.2) is 25.4 Å². The van der Waals surface area contributed by atoms with Crippen LogP contribution < -0.4 is 10.2 Å². The third-order valence-electron chi connectivity index (χ3n) is 2.84. The van der Waals surface area contributed by atoms with Crippen LogP contribution in [0, 0.1) is 0 Å². The topological polar surface area (TPSA) is 15.3 Å². The lowest BCUT2D eigenvalue weighted by atomic mass is 10.1. The van der Waals surface area contributed by atoms with E-state index in [2.05, 4.69) is 62.4 Å². The van der Waals surface area contributed by atoms with Crippen molar-refractivity contribution in [2.75, 3.05) is 24.7 Å². The molecule has 0 spiro atoms. The van der Waals surface area contributed by atoms with Gasteiger partial charge in [-0.05, 0) is 31.5 Å². The van der Waals surface area contributed by atoms with Crippen LogP contribution in [-0.2, 0) is 0 Å². The molecule has 2 nitrogen and oxygen atoms in total. The van der Waals surface area contributed by atoms with Gasteiger partial charge >= 0.3 is 0 Å². The van der Waals surface area contributed by atoms with Crippen LogP contribution in [0.5, 0.6) is 0 Å². The Morgan fingerprint density at radius 2 is 1.88 bits per heavy atom. The van der Waals surface area contributed by atoms with Gasteiger partial charge in [0, 0.05) is 31.1 Å². The van der Waals surface area contributed by atoms with Gasteiger partial charge in [-0.1, -0.05) is 12.1 Å². The van der Waals surface area contributed by atoms with Crippen molar-refractivity contribution in [2.24, 2.45) is 0 Å². The second kappa shape index (κ2) is 4.30. The Morgan fingerprint density at radius 1 is 1.25 bits per heavy atom. The molecule has 0 saturated carbocycles. The SMILES string of the molecule is CN(C)c1ccc(C2NC(C)(C)CS2)cc1. The molecule has 1 aromatic carbocycles. The van der Waals surface area contributed by atoms with E-state index in [0.717, 1.165) is 0 Å². The highest BCUT2D eigenvalue weighted by Gasteiger charge is 2.31. The van der Waals surface area contributed by atoms with Gasteiger partial charge < -0.3 is 4.90 Å². The smallest absolute Gasteiger partial charge is 0.0794 e. The van der Waals surface area contributed by atoms with E-state index in [1.54, 1.807) is 0 Å². The van der Waals surface area contributed by atoms with Crippen LogP contribution in [0.2, 0.25) is 0 Å². The number of anilines is 1. The summed E-state index contributed by atoms with van der Waals surface area (Å²) in [7, 11) is 4.14. The van der Waals surface area contributed by atoms with Gasteiger partial charge in [-0.2, -0.15) is 0 Å². The molecule has 0 bridgehead atoms. The van der Waals surface area contributed by atoms with Crippen molar-refractivity contribution in [1.29, 1.82) is 0 Å². The lowest BCUT2D eigenvalue weighted by Crippen LogP contribution is -2.35. The van der Waals surface area contributed by atoms with Crippen molar-refractivity contribution in [3.05, 3.63) is 29.8 Å². The number of benzene rings is 1. The minimum Gasteiger partial charge on any atom is -0.378 e. The zero-order valence-electron chi connectivity index (χ0n) is 10.4. The predicted molar refractivity (Wildman–Crippen MR) is 73.2 cm³/mol. The van der Waals surface area contributed by atoms with E-state index in [-0.39, 0.29) is 5.54 Å². The van der Waals surface area contributed by atoms with Crippen molar-refractivity contribution in [1.82, 2.24) is 5.32 Å². The average Bonchev–Trinajstić information content (AvgIpc) is 2.59. The highest BCUT2D eigenvalue weighted by atomic mass is 32.2. The van der Waals surface area contributed by atoms with Gasteiger partial charge in [0.1, 0.15) is 0 Å². The van der Waals surface area contributed by atoms with Crippen LogP contribution in [0.15, 0.2) is 24.3 Å². The Balaban J connectivity index is 2.11. The lowest BCUT2D eigenvalue weighted by molar-refractivity contribution is 0.452. The third-order valence-corrected chi connectivity index (χ3v) is 4.46. The van der Waals surface area contributed by atoms with Crippen LogP contribution in [0.1, 0.15) is 24.8 Å². The lowest BCUT2D eigenvalue weighted by Gasteiger charge is -2.19. The van der Waals surface area contributed by atoms with Crippen molar-refractivity contribution in [3.63, 3.8) is 0 Å². The van der Waals surface area contributed by atoms with Gasteiger partial charge in [0.05, 0.1) is 5.37 Å². The molecule has 1 aliphatic rings. The third kappa shape index (κ3) is 2.53. The Labute approximate surface area is 102 Å². The number of rotatable bonds is 2. The van der Waals surface area contributed by atoms with E-state index in [1.165, 1.54) is 17.0 Å². The monoisotopic (exact) mass is 236 g/mol. The van der Waals surface area contributed by atoms with Gasteiger partial charge in [0.25, 0.3) is 0 Å². The molecule has 0 aliphatic carbocycles. The molecule has 1 atom stereocenters. The molecular formula is C13H20N2S. The summed E-state index contributed by atoms with van der Waals surface area (Å²) in [6.45, 7) is 4.52. The summed E-state index contributed by atoms with van der Waals surface area (Å²) in [4.78, 5) is 2.13. The van der Waals surface area contributed by atoms with Crippen molar-refractivity contribution in [2.45, 2.75) is 24.8 Å². The standard InChI is InChI=1S/C13H20N2S/c1-13(2)9-16-12(14-13)10-5-7-11(8-6-10)15(3)4/h5-8,12,14H,9H2,1-4H3. The first-order chi connectivity index (χ1) is 7.48. The zero-order valence-corrected chi connectivity index (χ0v) is 11.3.